The van der Waals surface area contributed by atoms with Gasteiger partial charge in [-0.3, -0.25) is 4.99 Å². The molecule has 1 heterocycles. The second kappa shape index (κ2) is 12.0. The summed E-state index contributed by atoms with van der Waals surface area (Å²) in [5, 5.41) is 14.4. The van der Waals surface area contributed by atoms with Crippen LogP contribution >= 0.6 is 0 Å². The third-order valence-corrected chi connectivity index (χ3v) is 3.70. The van der Waals surface area contributed by atoms with E-state index in [0.29, 0.717) is 6.04 Å². The quantitative estimate of drug-likeness (QED) is 0.374. The van der Waals surface area contributed by atoms with Crippen LogP contribution in [0.1, 0.15) is 58.8 Å². The van der Waals surface area contributed by atoms with Gasteiger partial charge in [0.25, 0.3) is 0 Å². The van der Waals surface area contributed by atoms with Crippen molar-refractivity contribution in [3.63, 3.8) is 0 Å². The van der Waals surface area contributed by atoms with E-state index in [0.717, 1.165) is 31.9 Å². The lowest BCUT2D eigenvalue weighted by molar-refractivity contribution is 0.534. The Balaban J connectivity index is 2.06. The van der Waals surface area contributed by atoms with Gasteiger partial charge in [0, 0.05) is 26.2 Å². The number of rotatable bonds is 11. The number of hydrogen-bond acceptors (Lipinski definition) is 3. The highest BCUT2D eigenvalue weighted by Crippen LogP contribution is 2.05. The molecule has 1 aromatic rings. The van der Waals surface area contributed by atoms with Crippen molar-refractivity contribution in [3.8, 4) is 0 Å². The van der Waals surface area contributed by atoms with Gasteiger partial charge in [-0.05, 0) is 26.2 Å². The fraction of sp³-hybridized carbons (Fsp3) is 0.812. The maximum Gasteiger partial charge on any atom is 0.191 e. The van der Waals surface area contributed by atoms with Crippen LogP contribution in [0.4, 0.5) is 0 Å². The zero-order valence-corrected chi connectivity index (χ0v) is 14.4. The van der Waals surface area contributed by atoms with Crippen molar-refractivity contribution in [1.82, 2.24) is 25.4 Å². The van der Waals surface area contributed by atoms with Crippen LogP contribution in [-0.4, -0.2) is 40.4 Å². The fourth-order valence-electron chi connectivity index (χ4n) is 2.34. The van der Waals surface area contributed by atoms with Gasteiger partial charge in [-0.1, -0.05) is 32.6 Å². The van der Waals surface area contributed by atoms with Crippen LogP contribution in [-0.2, 0) is 6.54 Å². The Bertz CT molecular complexity index is 387. The van der Waals surface area contributed by atoms with E-state index in [1.807, 2.05) is 11.6 Å². The molecule has 0 aromatic carbocycles. The van der Waals surface area contributed by atoms with Crippen molar-refractivity contribution in [2.24, 2.45) is 4.99 Å². The highest BCUT2D eigenvalue weighted by molar-refractivity contribution is 5.79. The molecule has 0 spiro atoms. The normalized spacial score (nSPS) is 13.1. The van der Waals surface area contributed by atoms with Gasteiger partial charge in [0.15, 0.2) is 5.96 Å². The molecule has 0 amide bonds. The number of nitrogens with one attached hydrogen (secondary N) is 2. The van der Waals surface area contributed by atoms with Crippen LogP contribution in [0.25, 0.3) is 0 Å². The van der Waals surface area contributed by atoms with Gasteiger partial charge < -0.3 is 15.2 Å². The summed E-state index contributed by atoms with van der Waals surface area (Å²) >= 11 is 0. The van der Waals surface area contributed by atoms with Gasteiger partial charge in [0.1, 0.15) is 12.7 Å². The molecule has 1 unspecified atom stereocenters. The number of aryl methyl sites for hydroxylation is 1. The monoisotopic (exact) mass is 308 g/mol. The van der Waals surface area contributed by atoms with Gasteiger partial charge in [-0.25, -0.2) is 0 Å². The summed E-state index contributed by atoms with van der Waals surface area (Å²) in [6, 6.07) is 0.472. The van der Waals surface area contributed by atoms with E-state index >= 15 is 0 Å². The Morgan fingerprint density at radius 3 is 2.59 bits per heavy atom. The van der Waals surface area contributed by atoms with Crippen molar-refractivity contribution in [2.75, 3.05) is 13.6 Å². The molecule has 0 saturated heterocycles. The fourth-order valence-corrected chi connectivity index (χ4v) is 2.34. The van der Waals surface area contributed by atoms with Crippen molar-refractivity contribution in [1.29, 1.82) is 0 Å². The number of aromatic nitrogens is 3. The number of aliphatic imine (C=N–C) groups is 1. The van der Waals surface area contributed by atoms with Gasteiger partial charge in [-0.15, -0.1) is 10.2 Å². The Labute approximate surface area is 134 Å². The zero-order chi connectivity index (χ0) is 16.0. The molecule has 0 aliphatic heterocycles. The molecule has 0 bridgehead atoms. The van der Waals surface area contributed by atoms with E-state index in [1.165, 1.54) is 32.1 Å². The Morgan fingerprint density at radius 2 is 1.91 bits per heavy atom. The molecule has 0 aliphatic rings. The summed E-state index contributed by atoms with van der Waals surface area (Å²) in [6.45, 7) is 6.38. The molecule has 6 nitrogen and oxygen atoms in total. The first-order valence-corrected chi connectivity index (χ1v) is 8.55. The van der Waals surface area contributed by atoms with Crippen molar-refractivity contribution >= 4 is 5.96 Å². The summed E-state index contributed by atoms with van der Waals surface area (Å²) in [4.78, 5) is 4.29. The van der Waals surface area contributed by atoms with E-state index in [4.69, 9.17) is 0 Å². The van der Waals surface area contributed by atoms with Crippen LogP contribution in [0.5, 0.6) is 0 Å². The minimum Gasteiger partial charge on any atom is -0.356 e. The summed E-state index contributed by atoms with van der Waals surface area (Å²) in [6.07, 6.45) is 12.2. The van der Waals surface area contributed by atoms with Gasteiger partial charge >= 0.3 is 0 Å². The molecule has 0 radical (unpaired) electrons. The zero-order valence-electron chi connectivity index (χ0n) is 14.4. The molecule has 126 valence electrons. The molecule has 1 atom stereocenters. The summed E-state index contributed by atoms with van der Waals surface area (Å²) in [5.74, 6) is 0.910. The van der Waals surface area contributed by atoms with Crippen molar-refractivity contribution in [3.05, 3.63) is 12.7 Å². The maximum absolute atomic E-state index is 4.29. The third kappa shape index (κ3) is 8.64. The van der Waals surface area contributed by atoms with Gasteiger partial charge in [0.2, 0.25) is 0 Å². The predicted molar refractivity (Wildman–Crippen MR) is 92.0 cm³/mol. The van der Waals surface area contributed by atoms with E-state index in [2.05, 4.69) is 39.7 Å². The SMILES string of the molecule is CCCCCCC(C)NC(=NC)NCCCCn1cnnc1. The van der Waals surface area contributed by atoms with Gasteiger partial charge in [-0.2, -0.15) is 0 Å². The van der Waals surface area contributed by atoms with Crippen LogP contribution < -0.4 is 10.6 Å². The van der Waals surface area contributed by atoms with Gasteiger partial charge in [0.05, 0.1) is 0 Å². The Hall–Kier alpha value is -1.59. The molecule has 0 aliphatic carbocycles. The average molecular weight is 308 g/mol. The molecular weight excluding hydrogens is 276 g/mol. The lowest BCUT2D eigenvalue weighted by atomic mass is 10.1. The Kier molecular flexibility index (Phi) is 10.1. The standard InChI is InChI=1S/C16H32N6/c1-4-5-6-7-10-15(2)21-16(17-3)18-11-8-9-12-22-13-19-20-14-22/h13-15H,4-12H2,1-3H3,(H2,17,18,21). The van der Waals surface area contributed by atoms with Crippen LogP contribution in [0.2, 0.25) is 0 Å². The number of unbranched alkanes of at least 4 members (excludes halogenated alkanes) is 4. The predicted octanol–water partition coefficient (Wildman–Crippen LogP) is 2.58. The molecule has 1 rings (SSSR count). The first kappa shape index (κ1) is 18.5. The average Bonchev–Trinajstić information content (AvgIpc) is 3.03. The summed E-state index contributed by atoms with van der Waals surface area (Å²) < 4.78 is 2.01. The second-order valence-corrected chi connectivity index (χ2v) is 5.80. The van der Waals surface area contributed by atoms with Crippen LogP contribution in [0.15, 0.2) is 17.6 Å². The highest BCUT2D eigenvalue weighted by atomic mass is 15.2. The molecule has 1 aromatic heterocycles. The Morgan fingerprint density at radius 1 is 1.14 bits per heavy atom. The molecule has 2 N–H and O–H groups in total. The minimum absolute atomic E-state index is 0.472. The highest BCUT2D eigenvalue weighted by Gasteiger charge is 2.04. The summed E-state index contributed by atoms with van der Waals surface area (Å²) in [7, 11) is 1.83. The smallest absolute Gasteiger partial charge is 0.191 e. The largest absolute Gasteiger partial charge is 0.356 e. The first-order valence-electron chi connectivity index (χ1n) is 8.55. The van der Waals surface area contributed by atoms with Crippen molar-refractivity contribution < 1.29 is 0 Å². The van der Waals surface area contributed by atoms with E-state index < -0.39 is 0 Å². The first-order chi connectivity index (χ1) is 10.8. The second-order valence-electron chi connectivity index (χ2n) is 5.80. The van der Waals surface area contributed by atoms with E-state index in [-0.39, 0.29) is 0 Å². The molecule has 0 fully saturated rings. The summed E-state index contributed by atoms with van der Waals surface area (Å²) in [5.41, 5.74) is 0. The number of nitrogens with zero attached hydrogens (tertiary/aromatic N) is 4. The molecule has 0 saturated carbocycles. The van der Waals surface area contributed by atoms with E-state index in [9.17, 15) is 0 Å². The molecule has 6 heteroatoms. The number of guanidine groups is 1. The lowest BCUT2D eigenvalue weighted by Gasteiger charge is -2.18. The third-order valence-electron chi connectivity index (χ3n) is 3.70. The number of hydrogen-bond donors (Lipinski definition) is 2. The topological polar surface area (TPSA) is 67.1 Å². The molecular formula is C16H32N6. The van der Waals surface area contributed by atoms with Crippen LogP contribution in [0.3, 0.4) is 0 Å². The minimum atomic E-state index is 0.472. The van der Waals surface area contributed by atoms with Crippen LogP contribution in [0, 0.1) is 0 Å². The maximum atomic E-state index is 4.29. The molecule has 22 heavy (non-hydrogen) atoms. The van der Waals surface area contributed by atoms with E-state index in [1.54, 1.807) is 12.7 Å². The lowest BCUT2D eigenvalue weighted by Crippen LogP contribution is -2.42. The van der Waals surface area contributed by atoms with Crippen molar-refractivity contribution in [2.45, 2.75) is 71.4 Å².